The van der Waals surface area contributed by atoms with Crippen LogP contribution in [0, 0.1) is 5.41 Å². The van der Waals surface area contributed by atoms with Crippen molar-refractivity contribution in [3.63, 3.8) is 0 Å². The van der Waals surface area contributed by atoms with Gasteiger partial charge in [0.05, 0.1) is 10.3 Å². The Morgan fingerprint density at radius 2 is 1.53 bits per heavy atom. The number of carbonyl (C=O) groups excluding carboxylic acids is 1. The lowest BCUT2D eigenvalue weighted by molar-refractivity contribution is -0.140. The van der Waals surface area contributed by atoms with E-state index in [9.17, 15) is 14.7 Å². The largest absolute Gasteiger partial charge is 0.481 e. The number of hydrogen-bond acceptors (Lipinski definition) is 5. The Bertz CT molecular complexity index is 1280. The molecule has 0 aliphatic heterocycles. The van der Waals surface area contributed by atoms with Gasteiger partial charge < -0.3 is 20.6 Å². The molecule has 2 atom stereocenters. The van der Waals surface area contributed by atoms with Crippen LogP contribution < -0.4 is 5.32 Å². The minimum Gasteiger partial charge on any atom is -0.481 e. The quantitative estimate of drug-likeness (QED) is 0.188. The van der Waals surface area contributed by atoms with Gasteiger partial charge in [-0.3, -0.25) is 4.79 Å². The Hall–Kier alpha value is -3.84. The first kappa shape index (κ1) is 25.3. The molecule has 1 aliphatic rings. The van der Waals surface area contributed by atoms with Crippen LogP contribution >= 0.6 is 12.2 Å². The lowest BCUT2D eigenvalue weighted by Gasteiger charge is -2.21. The first-order valence-electron chi connectivity index (χ1n) is 11.8. The molecular weight excluding hydrogens is 472 g/mol. The number of thiocarbonyl (C=S) groups is 1. The van der Waals surface area contributed by atoms with E-state index in [0.29, 0.717) is 17.7 Å². The van der Waals surface area contributed by atoms with Crippen molar-refractivity contribution in [2.75, 3.05) is 0 Å². The summed E-state index contributed by atoms with van der Waals surface area (Å²) in [4.78, 5) is 24.5. The molecule has 3 N–H and O–H groups in total. The molecule has 0 saturated heterocycles. The third-order valence-electron chi connectivity index (χ3n) is 6.61. The number of ether oxygens (including phenoxy) is 1. The van der Waals surface area contributed by atoms with E-state index >= 15 is 0 Å². The van der Waals surface area contributed by atoms with Crippen LogP contribution in [-0.2, 0) is 14.9 Å². The van der Waals surface area contributed by atoms with E-state index in [1.165, 1.54) is 0 Å². The van der Waals surface area contributed by atoms with E-state index in [0.717, 1.165) is 27.8 Å². The van der Waals surface area contributed by atoms with Crippen molar-refractivity contribution in [1.82, 2.24) is 5.32 Å². The maximum absolute atomic E-state index is 12.5. The Kier molecular flexibility index (Phi) is 7.31. The molecule has 1 amide bonds. The van der Waals surface area contributed by atoms with E-state index in [2.05, 4.69) is 5.32 Å². The third-order valence-corrected chi connectivity index (χ3v) is 7.08. The van der Waals surface area contributed by atoms with Gasteiger partial charge in [0.25, 0.3) is 0 Å². The molecule has 3 aromatic carbocycles. The number of aliphatic carboxylic acids is 1. The number of rotatable bonds is 9. The first-order chi connectivity index (χ1) is 17.2. The van der Waals surface area contributed by atoms with Crippen LogP contribution in [0.15, 0.2) is 78.9 Å². The van der Waals surface area contributed by atoms with Gasteiger partial charge in [0.2, 0.25) is 0 Å². The Morgan fingerprint density at radius 1 is 0.972 bits per heavy atom. The SMILES string of the molecule is CC(=N)C(NC(=O)OC(C)c1ccccc1)C(=S)c1ccc(-c2ccc(C3(C(=O)O)CC3)cc2)cc1. The standard InChI is InChI=1S/C29H28N2O4S/c1-18(30)25(31-28(34)35-19(2)20-6-4-3-5-7-20)26(36)23-10-8-21(9-11-23)22-12-14-24(15-13-22)29(16-17-29)27(32)33/h3-15,19,25,30H,16-17H2,1-2H3,(H,31,34)(H,32,33). The number of carbonyl (C=O) groups is 2. The summed E-state index contributed by atoms with van der Waals surface area (Å²) in [5.74, 6) is -0.767. The first-order valence-corrected chi connectivity index (χ1v) is 12.2. The molecule has 0 bridgehead atoms. The Balaban J connectivity index is 1.43. The molecular formula is C29H28N2O4S. The molecule has 4 rings (SSSR count). The Labute approximate surface area is 215 Å². The van der Waals surface area contributed by atoms with Gasteiger partial charge in [0, 0.05) is 5.71 Å². The molecule has 36 heavy (non-hydrogen) atoms. The zero-order valence-corrected chi connectivity index (χ0v) is 21.0. The minimum absolute atomic E-state index is 0.205. The second kappa shape index (κ2) is 10.4. The van der Waals surface area contributed by atoms with Gasteiger partial charge in [-0.05, 0) is 54.5 Å². The molecule has 1 fully saturated rings. The highest BCUT2D eigenvalue weighted by atomic mass is 32.1. The summed E-state index contributed by atoms with van der Waals surface area (Å²) in [6.07, 6.45) is 0.265. The topological polar surface area (TPSA) is 99.5 Å². The summed E-state index contributed by atoms with van der Waals surface area (Å²) in [7, 11) is 0. The van der Waals surface area contributed by atoms with E-state index in [1.807, 2.05) is 78.9 Å². The average Bonchev–Trinajstić information content (AvgIpc) is 3.70. The molecule has 0 radical (unpaired) electrons. The van der Waals surface area contributed by atoms with Crippen molar-refractivity contribution in [3.05, 3.63) is 95.6 Å². The monoisotopic (exact) mass is 500 g/mol. The van der Waals surface area contributed by atoms with Crippen molar-refractivity contribution in [3.8, 4) is 11.1 Å². The van der Waals surface area contributed by atoms with Gasteiger partial charge in [-0.25, -0.2) is 4.79 Å². The fourth-order valence-corrected chi connectivity index (χ4v) is 4.57. The van der Waals surface area contributed by atoms with Gasteiger partial charge in [0.15, 0.2) is 0 Å². The minimum atomic E-state index is -0.772. The van der Waals surface area contributed by atoms with Crippen molar-refractivity contribution in [2.24, 2.45) is 0 Å². The zero-order chi connectivity index (χ0) is 25.9. The number of benzene rings is 3. The van der Waals surface area contributed by atoms with Crippen LogP contribution in [0.5, 0.6) is 0 Å². The highest BCUT2D eigenvalue weighted by Crippen LogP contribution is 2.48. The molecule has 2 unspecified atom stereocenters. The molecule has 0 heterocycles. The van der Waals surface area contributed by atoms with Crippen molar-refractivity contribution in [1.29, 1.82) is 5.41 Å². The second-order valence-electron chi connectivity index (χ2n) is 9.12. The van der Waals surface area contributed by atoms with Crippen LogP contribution in [0.1, 0.15) is 49.5 Å². The number of hydrogen-bond donors (Lipinski definition) is 3. The molecule has 6 nitrogen and oxygen atoms in total. The molecule has 0 aromatic heterocycles. The van der Waals surface area contributed by atoms with Crippen molar-refractivity contribution < 1.29 is 19.4 Å². The molecule has 0 spiro atoms. The highest BCUT2D eigenvalue weighted by molar-refractivity contribution is 7.81. The number of amides is 1. The van der Waals surface area contributed by atoms with Crippen LogP contribution in [0.2, 0.25) is 0 Å². The van der Waals surface area contributed by atoms with Gasteiger partial charge in [0.1, 0.15) is 12.1 Å². The number of alkyl carbamates (subject to hydrolysis) is 1. The highest BCUT2D eigenvalue weighted by Gasteiger charge is 2.51. The second-order valence-corrected chi connectivity index (χ2v) is 9.56. The van der Waals surface area contributed by atoms with E-state index < -0.39 is 29.6 Å². The predicted molar refractivity (Wildman–Crippen MR) is 144 cm³/mol. The number of carboxylic acid groups (broad SMARTS) is 1. The van der Waals surface area contributed by atoms with Gasteiger partial charge in [-0.2, -0.15) is 0 Å². The van der Waals surface area contributed by atoms with E-state index in [-0.39, 0.29) is 5.71 Å². The number of carboxylic acids is 1. The summed E-state index contributed by atoms with van der Waals surface area (Å²) in [5.41, 5.74) is 3.84. The molecule has 184 valence electrons. The summed E-state index contributed by atoms with van der Waals surface area (Å²) >= 11 is 5.63. The molecule has 1 aliphatic carbocycles. The van der Waals surface area contributed by atoms with Crippen LogP contribution in [0.4, 0.5) is 4.79 Å². The summed E-state index contributed by atoms with van der Waals surface area (Å²) in [6, 6.07) is 23.8. The van der Waals surface area contributed by atoms with Gasteiger partial charge in [-0.15, -0.1) is 0 Å². The summed E-state index contributed by atoms with van der Waals surface area (Å²) < 4.78 is 5.49. The average molecular weight is 501 g/mol. The third kappa shape index (κ3) is 5.36. The molecule has 1 saturated carbocycles. The van der Waals surface area contributed by atoms with Gasteiger partial charge in [-0.1, -0.05) is 91.1 Å². The summed E-state index contributed by atoms with van der Waals surface area (Å²) in [6.45, 7) is 3.38. The van der Waals surface area contributed by atoms with Crippen molar-refractivity contribution in [2.45, 2.75) is 44.2 Å². The van der Waals surface area contributed by atoms with Crippen LogP contribution in [0.25, 0.3) is 11.1 Å². The fourth-order valence-electron chi connectivity index (χ4n) is 4.20. The van der Waals surface area contributed by atoms with Gasteiger partial charge >= 0.3 is 12.1 Å². The van der Waals surface area contributed by atoms with Crippen molar-refractivity contribution >= 4 is 34.9 Å². The maximum Gasteiger partial charge on any atom is 0.408 e. The molecule has 7 heteroatoms. The normalized spacial score (nSPS) is 15.3. The maximum atomic E-state index is 12.5. The van der Waals surface area contributed by atoms with Crippen LogP contribution in [-0.4, -0.2) is 33.8 Å². The van der Waals surface area contributed by atoms with E-state index in [1.54, 1.807) is 13.8 Å². The van der Waals surface area contributed by atoms with E-state index in [4.69, 9.17) is 22.4 Å². The summed E-state index contributed by atoms with van der Waals surface area (Å²) in [5, 5.41) is 20.4. The fraction of sp³-hybridized carbons (Fsp3) is 0.241. The van der Waals surface area contributed by atoms with Crippen LogP contribution in [0.3, 0.4) is 0 Å². The number of nitrogens with one attached hydrogen (secondary N) is 2. The smallest absolute Gasteiger partial charge is 0.408 e. The predicted octanol–water partition coefficient (Wildman–Crippen LogP) is 6.08. The lowest BCUT2D eigenvalue weighted by Crippen LogP contribution is -2.45. The molecule has 3 aromatic rings. The Morgan fingerprint density at radius 3 is 2.03 bits per heavy atom. The zero-order valence-electron chi connectivity index (χ0n) is 20.2. The lowest BCUT2D eigenvalue weighted by atomic mass is 9.93.